The highest BCUT2D eigenvalue weighted by atomic mass is 16.5. The number of H-pyrrole nitrogens is 1. The van der Waals surface area contributed by atoms with Gasteiger partial charge in [-0.2, -0.15) is 5.10 Å². The molecule has 4 heterocycles. The number of ether oxygens (including phenoxy) is 1. The predicted molar refractivity (Wildman–Crippen MR) is 85.1 cm³/mol. The Morgan fingerprint density at radius 2 is 2.04 bits per heavy atom. The van der Waals surface area contributed by atoms with Crippen molar-refractivity contribution >= 4 is 5.95 Å². The molecule has 7 nitrogen and oxygen atoms in total. The van der Waals surface area contributed by atoms with E-state index in [1.165, 1.54) is 0 Å². The maximum absolute atomic E-state index is 5.40. The van der Waals surface area contributed by atoms with E-state index in [1.54, 1.807) is 18.7 Å². The van der Waals surface area contributed by atoms with Gasteiger partial charge in [-0.15, -0.1) is 0 Å². The van der Waals surface area contributed by atoms with Crippen LogP contribution in [-0.4, -0.2) is 46.5 Å². The normalized spacial score (nSPS) is 15.1. The summed E-state index contributed by atoms with van der Waals surface area (Å²) in [4.78, 5) is 11.2. The van der Waals surface area contributed by atoms with Crippen molar-refractivity contribution in [2.75, 3.05) is 31.2 Å². The molecule has 3 aromatic rings. The van der Waals surface area contributed by atoms with Crippen LogP contribution < -0.4 is 4.90 Å². The number of hydrogen-bond donors (Lipinski definition) is 1. The Kier molecular flexibility index (Phi) is 3.55. The standard InChI is InChI=1S/C16H17N5O2/c1-11-12(3-7-23-11)15-13(10-18-20-15)14-2-4-17-16(19-14)21-5-8-22-9-6-21/h2-4,7,10H,5-6,8-9H2,1H3,(H,18,20). The van der Waals surface area contributed by atoms with Crippen molar-refractivity contribution in [3.63, 3.8) is 0 Å². The third-order valence-electron chi connectivity index (χ3n) is 3.98. The Labute approximate surface area is 133 Å². The molecule has 0 saturated carbocycles. The number of aromatic amines is 1. The molecule has 1 saturated heterocycles. The second-order valence-electron chi connectivity index (χ2n) is 5.39. The summed E-state index contributed by atoms with van der Waals surface area (Å²) in [5.74, 6) is 1.57. The fourth-order valence-electron chi connectivity index (χ4n) is 2.74. The SMILES string of the molecule is Cc1occc1-c1[nH]ncc1-c1ccnc(N2CCOCC2)n1. The predicted octanol–water partition coefficient (Wildman–Crippen LogP) is 2.27. The topological polar surface area (TPSA) is 80.1 Å². The largest absolute Gasteiger partial charge is 0.469 e. The van der Waals surface area contributed by atoms with Crippen molar-refractivity contribution in [3.05, 3.63) is 36.5 Å². The average Bonchev–Trinajstić information content (AvgIpc) is 3.24. The minimum Gasteiger partial charge on any atom is -0.469 e. The van der Waals surface area contributed by atoms with Crippen molar-refractivity contribution in [1.82, 2.24) is 20.2 Å². The lowest BCUT2D eigenvalue weighted by molar-refractivity contribution is 0.122. The number of nitrogens with zero attached hydrogens (tertiary/aromatic N) is 4. The molecule has 0 radical (unpaired) electrons. The van der Waals surface area contributed by atoms with Crippen LogP contribution in [-0.2, 0) is 4.74 Å². The number of anilines is 1. The minimum atomic E-state index is 0.707. The molecule has 7 heteroatoms. The molecule has 0 spiro atoms. The van der Waals surface area contributed by atoms with Crippen LogP contribution in [0.25, 0.3) is 22.5 Å². The number of furan rings is 1. The first kappa shape index (κ1) is 14.0. The van der Waals surface area contributed by atoms with E-state index in [1.807, 2.05) is 19.1 Å². The van der Waals surface area contributed by atoms with E-state index in [2.05, 4.69) is 20.1 Å². The van der Waals surface area contributed by atoms with Crippen molar-refractivity contribution in [1.29, 1.82) is 0 Å². The molecular formula is C16H17N5O2. The van der Waals surface area contributed by atoms with Crippen LogP contribution in [0.4, 0.5) is 5.95 Å². The van der Waals surface area contributed by atoms with Gasteiger partial charge < -0.3 is 14.1 Å². The summed E-state index contributed by atoms with van der Waals surface area (Å²) < 4.78 is 10.8. The van der Waals surface area contributed by atoms with Gasteiger partial charge in [0.2, 0.25) is 5.95 Å². The number of aromatic nitrogens is 4. The first-order chi connectivity index (χ1) is 11.3. The summed E-state index contributed by atoms with van der Waals surface area (Å²) in [7, 11) is 0. The van der Waals surface area contributed by atoms with E-state index in [0.717, 1.165) is 47.3 Å². The number of aryl methyl sites for hydroxylation is 1. The lowest BCUT2D eigenvalue weighted by Crippen LogP contribution is -2.37. The van der Waals surface area contributed by atoms with Crippen LogP contribution in [0.3, 0.4) is 0 Å². The van der Waals surface area contributed by atoms with Crippen LogP contribution in [0, 0.1) is 6.92 Å². The van der Waals surface area contributed by atoms with Crippen molar-refractivity contribution < 1.29 is 9.15 Å². The summed E-state index contributed by atoms with van der Waals surface area (Å²) in [6.45, 7) is 4.96. The molecule has 118 valence electrons. The van der Waals surface area contributed by atoms with E-state index in [0.29, 0.717) is 13.2 Å². The number of rotatable bonds is 3. The van der Waals surface area contributed by atoms with E-state index >= 15 is 0 Å². The Hall–Kier alpha value is -2.67. The summed E-state index contributed by atoms with van der Waals surface area (Å²) >= 11 is 0. The fraction of sp³-hybridized carbons (Fsp3) is 0.312. The molecule has 3 aromatic heterocycles. The number of morpholine rings is 1. The van der Waals surface area contributed by atoms with Crippen LogP contribution in [0.2, 0.25) is 0 Å². The molecule has 0 unspecified atom stereocenters. The maximum Gasteiger partial charge on any atom is 0.226 e. The number of hydrogen-bond acceptors (Lipinski definition) is 6. The first-order valence-corrected chi connectivity index (χ1v) is 7.57. The van der Waals surface area contributed by atoms with E-state index in [4.69, 9.17) is 14.1 Å². The van der Waals surface area contributed by atoms with Crippen LogP contribution in [0.1, 0.15) is 5.76 Å². The summed E-state index contributed by atoms with van der Waals surface area (Å²) in [6, 6.07) is 3.82. The summed E-state index contributed by atoms with van der Waals surface area (Å²) in [5.41, 5.74) is 3.67. The third-order valence-corrected chi connectivity index (χ3v) is 3.98. The van der Waals surface area contributed by atoms with Gasteiger partial charge in [0, 0.05) is 30.4 Å². The molecule has 0 aromatic carbocycles. The van der Waals surface area contributed by atoms with Crippen molar-refractivity contribution in [3.8, 4) is 22.5 Å². The van der Waals surface area contributed by atoms with Crippen LogP contribution >= 0.6 is 0 Å². The van der Waals surface area contributed by atoms with Crippen LogP contribution in [0.5, 0.6) is 0 Å². The smallest absolute Gasteiger partial charge is 0.226 e. The third kappa shape index (κ3) is 2.59. The average molecular weight is 311 g/mol. The Balaban J connectivity index is 1.72. The first-order valence-electron chi connectivity index (χ1n) is 7.57. The Morgan fingerprint density at radius 3 is 2.83 bits per heavy atom. The van der Waals surface area contributed by atoms with Gasteiger partial charge in [0.1, 0.15) is 5.76 Å². The zero-order chi connectivity index (χ0) is 15.6. The van der Waals surface area contributed by atoms with Gasteiger partial charge in [-0.1, -0.05) is 0 Å². The lowest BCUT2D eigenvalue weighted by Gasteiger charge is -2.26. The molecule has 1 fully saturated rings. The molecule has 0 atom stereocenters. The molecule has 1 aliphatic heterocycles. The highest BCUT2D eigenvalue weighted by molar-refractivity contribution is 5.79. The molecule has 0 aliphatic carbocycles. The molecule has 4 rings (SSSR count). The van der Waals surface area contributed by atoms with Crippen molar-refractivity contribution in [2.24, 2.45) is 0 Å². The van der Waals surface area contributed by atoms with E-state index in [-0.39, 0.29) is 0 Å². The molecule has 1 aliphatic rings. The molecule has 1 N–H and O–H groups in total. The van der Waals surface area contributed by atoms with Gasteiger partial charge in [-0.05, 0) is 19.1 Å². The highest BCUT2D eigenvalue weighted by Gasteiger charge is 2.18. The van der Waals surface area contributed by atoms with Crippen molar-refractivity contribution in [2.45, 2.75) is 6.92 Å². The second-order valence-corrected chi connectivity index (χ2v) is 5.39. The van der Waals surface area contributed by atoms with Gasteiger partial charge >= 0.3 is 0 Å². The molecule has 23 heavy (non-hydrogen) atoms. The maximum atomic E-state index is 5.40. The van der Waals surface area contributed by atoms with E-state index in [9.17, 15) is 0 Å². The molecular weight excluding hydrogens is 294 g/mol. The van der Waals surface area contributed by atoms with Gasteiger partial charge in [0.25, 0.3) is 0 Å². The van der Waals surface area contributed by atoms with Crippen LogP contribution in [0.15, 0.2) is 35.2 Å². The minimum absolute atomic E-state index is 0.707. The molecule has 0 amide bonds. The van der Waals surface area contributed by atoms with E-state index < -0.39 is 0 Å². The summed E-state index contributed by atoms with van der Waals surface area (Å²) in [6.07, 6.45) is 5.24. The van der Waals surface area contributed by atoms with Gasteiger partial charge in [-0.3, -0.25) is 5.10 Å². The Morgan fingerprint density at radius 1 is 1.17 bits per heavy atom. The Bertz CT molecular complexity index is 804. The second kappa shape index (κ2) is 5.85. The monoisotopic (exact) mass is 311 g/mol. The highest BCUT2D eigenvalue weighted by Crippen LogP contribution is 2.31. The summed E-state index contributed by atoms with van der Waals surface area (Å²) in [5, 5.41) is 7.22. The number of nitrogens with one attached hydrogen (secondary N) is 1. The lowest BCUT2D eigenvalue weighted by atomic mass is 10.1. The van der Waals surface area contributed by atoms with Gasteiger partial charge in [0.15, 0.2) is 0 Å². The van der Waals surface area contributed by atoms with Gasteiger partial charge in [-0.25, -0.2) is 9.97 Å². The van der Waals surface area contributed by atoms with Gasteiger partial charge in [0.05, 0.1) is 37.1 Å². The fourth-order valence-corrected chi connectivity index (χ4v) is 2.74. The zero-order valence-electron chi connectivity index (χ0n) is 12.8. The molecule has 0 bridgehead atoms. The zero-order valence-corrected chi connectivity index (χ0v) is 12.8. The quantitative estimate of drug-likeness (QED) is 0.799.